The minimum Gasteiger partial charge on any atom is -0.363 e. The molecule has 0 aliphatic carbocycles. The van der Waals surface area contributed by atoms with Crippen LogP contribution in [-0.4, -0.2) is 37.4 Å². The normalized spacial score (nSPS) is 15.7. The summed E-state index contributed by atoms with van der Waals surface area (Å²) >= 11 is 6.16. The van der Waals surface area contributed by atoms with E-state index in [0.717, 1.165) is 35.1 Å². The van der Waals surface area contributed by atoms with Crippen LogP contribution in [0, 0.1) is 12.3 Å². The molecule has 0 saturated carbocycles. The fourth-order valence-corrected chi connectivity index (χ4v) is 2.77. The lowest BCUT2D eigenvalue weighted by Crippen LogP contribution is -2.26. The fourth-order valence-electron chi connectivity index (χ4n) is 2.60. The third kappa shape index (κ3) is 4.15. The monoisotopic (exact) mass is 303 g/mol. The molecular weight excluding hydrogens is 282 g/mol. The maximum absolute atomic E-state index is 6.16. The molecule has 0 spiro atoms. The summed E-state index contributed by atoms with van der Waals surface area (Å²) in [6.07, 6.45) is 9.16. The molecule has 0 radical (unpaired) electrons. The smallest absolute Gasteiger partial charge is 0.0788 e. The molecule has 0 atom stereocenters. The Kier molecular flexibility index (Phi) is 5.52. The van der Waals surface area contributed by atoms with Gasteiger partial charge in [0.15, 0.2) is 0 Å². The number of piperidine rings is 1. The summed E-state index contributed by atoms with van der Waals surface area (Å²) in [5.74, 6) is 2.67. The zero-order valence-electron chi connectivity index (χ0n) is 12.8. The van der Waals surface area contributed by atoms with Crippen molar-refractivity contribution in [3.8, 4) is 12.3 Å². The van der Waals surface area contributed by atoms with Gasteiger partial charge in [-0.25, -0.2) is 0 Å². The number of hydrazone groups is 1. The SMILES string of the molecule is C#CCN(C)c1ccc(Cl)cc1/C(C)=N\N1CCCCC1. The number of rotatable bonds is 4. The van der Waals surface area contributed by atoms with Gasteiger partial charge in [0.2, 0.25) is 0 Å². The topological polar surface area (TPSA) is 18.8 Å². The second-order valence-corrected chi connectivity index (χ2v) is 5.86. The number of benzene rings is 1. The average Bonchev–Trinajstić information content (AvgIpc) is 2.48. The molecule has 1 saturated heterocycles. The minimum absolute atomic E-state index is 0.561. The van der Waals surface area contributed by atoms with Gasteiger partial charge >= 0.3 is 0 Å². The molecule has 0 unspecified atom stereocenters. The van der Waals surface area contributed by atoms with Gasteiger partial charge in [-0.2, -0.15) is 5.10 Å². The highest BCUT2D eigenvalue weighted by atomic mass is 35.5. The van der Waals surface area contributed by atoms with Crippen LogP contribution >= 0.6 is 11.6 Å². The highest BCUT2D eigenvalue weighted by molar-refractivity contribution is 6.31. The summed E-state index contributed by atoms with van der Waals surface area (Å²) in [5, 5.41) is 7.64. The first kappa shape index (κ1) is 15.7. The zero-order chi connectivity index (χ0) is 15.2. The van der Waals surface area contributed by atoms with Gasteiger partial charge in [-0.1, -0.05) is 17.5 Å². The summed E-state index contributed by atoms with van der Waals surface area (Å²) in [6, 6.07) is 5.86. The van der Waals surface area contributed by atoms with E-state index in [4.69, 9.17) is 23.1 Å². The molecule has 1 aliphatic heterocycles. The van der Waals surface area contributed by atoms with Crippen LogP contribution in [0.25, 0.3) is 0 Å². The van der Waals surface area contributed by atoms with Gasteiger partial charge in [-0.3, -0.25) is 5.01 Å². The number of anilines is 1. The number of terminal acetylenes is 1. The highest BCUT2D eigenvalue weighted by Crippen LogP contribution is 2.25. The van der Waals surface area contributed by atoms with E-state index in [1.54, 1.807) is 0 Å². The maximum Gasteiger partial charge on any atom is 0.0788 e. The molecule has 0 amide bonds. The van der Waals surface area contributed by atoms with E-state index in [0.29, 0.717) is 6.54 Å². The van der Waals surface area contributed by atoms with Crippen molar-refractivity contribution in [3.63, 3.8) is 0 Å². The van der Waals surface area contributed by atoms with Crippen molar-refractivity contribution in [2.75, 3.05) is 31.6 Å². The lowest BCUT2D eigenvalue weighted by atomic mass is 10.1. The predicted molar refractivity (Wildman–Crippen MR) is 91.2 cm³/mol. The Morgan fingerprint density at radius 3 is 2.76 bits per heavy atom. The van der Waals surface area contributed by atoms with Crippen LogP contribution in [0.2, 0.25) is 5.02 Å². The van der Waals surface area contributed by atoms with Crippen LogP contribution in [0.5, 0.6) is 0 Å². The molecule has 0 aromatic heterocycles. The third-order valence-electron chi connectivity index (χ3n) is 3.71. The van der Waals surface area contributed by atoms with E-state index >= 15 is 0 Å². The summed E-state index contributed by atoms with van der Waals surface area (Å²) in [4.78, 5) is 2.04. The first-order valence-corrected chi connectivity index (χ1v) is 7.74. The van der Waals surface area contributed by atoms with Gasteiger partial charge in [0.05, 0.1) is 12.3 Å². The second kappa shape index (κ2) is 7.38. The van der Waals surface area contributed by atoms with E-state index < -0.39 is 0 Å². The quantitative estimate of drug-likeness (QED) is 0.625. The molecule has 0 N–H and O–H groups in total. The molecular formula is C17H22ClN3. The van der Waals surface area contributed by atoms with Gasteiger partial charge in [-0.05, 0) is 44.4 Å². The lowest BCUT2D eigenvalue weighted by Gasteiger charge is -2.25. The lowest BCUT2D eigenvalue weighted by molar-refractivity contribution is 0.239. The van der Waals surface area contributed by atoms with Gasteiger partial charge in [0, 0.05) is 36.4 Å². The Morgan fingerprint density at radius 1 is 1.38 bits per heavy atom. The Hall–Kier alpha value is -1.66. The van der Waals surface area contributed by atoms with Crippen LogP contribution in [-0.2, 0) is 0 Å². The molecule has 112 valence electrons. The van der Waals surface area contributed by atoms with E-state index in [1.807, 2.05) is 37.1 Å². The number of nitrogens with zero attached hydrogens (tertiary/aromatic N) is 3. The molecule has 1 aliphatic rings. The maximum atomic E-state index is 6.16. The molecule has 1 aromatic carbocycles. The molecule has 3 nitrogen and oxygen atoms in total. The predicted octanol–water partition coefficient (Wildman–Crippen LogP) is 3.62. The molecule has 1 heterocycles. The molecule has 1 aromatic rings. The minimum atomic E-state index is 0.561. The van der Waals surface area contributed by atoms with Crippen molar-refractivity contribution >= 4 is 23.0 Å². The molecule has 21 heavy (non-hydrogen) atoms. The molecule has 1 fully saturated rings. The van der Waals surface area contributed by atoms with Gasteiger partial charge in [0.25, 0.3) is 0 Å². The van der Waals surface area contributed by atoms with Crippen molar-refractivity contribution in [1.29, 1.82) is 0 Å². The van der Waals surface area contributed by atoms with Crippen LogP contribution in [0.3, 0.4) is 0 Å². The summed E-state index contributed by atoms with van der Waals surface area (Å²) in [5.41, 5.74) is 3.10. The van der Waals surface area contributed by atoms with Gasteiger partial charge < -0.3 is 4.90 Å². The van der Waals surface area contributed by atoms with Crippen molar-refractivity contribution in [2.24, 2.45) is 5.10 Å². The van der Waals surface area contributed by atoms with E-state index in [1.165, 1.54) is 19.3 Å². The average molecular weight is 304 g/mol. The van der Waals surface area contributed by atoms with Crippen LogP contribution in [0.15, 0.2) is 23.3 Å². The van der Waals surface area contributed by atoms with Crippen molar-refractivity contribution in [2.45, 2.75) is 26.2 Å². The Balaban J connectivity index is 2.30. The summed E-state index contributed by atoms with van der Waals surface area (Å²) in [7, 11) is 1.99. The second-order valence-electron chi connectivity index (χ2n) is 5.42. The van der Waals surface area contributed by atoms with Gasteiger partial charge in [0.1, 0.15) is 0 Å². The Labute approximate surface area is 132 Å². The largest absolute Gasteiger partial charge is 0.363 e. The highest BCUT2D eigenvalue weighted by Gasteiger charge is 2.13. The number of hydrogen-bond acceptors (Lipinski definition) is 3. The van der Waals surface area contributed by atoms with E-state index in [2.05, 4.69) is 10.9 Å². The first-order chi connectivity index (χ1) is 10.1. The molecule has 2 rings (SSSR count). The van der Waals surface area contributed by atoms with Crippen molar-refractivity contribution in [3.05, 3.63) is 28.8 Å². The van der Waals surface area contributed by atoms with E-state index in [9.17, 15) is 0 Å². The van der Waals surface area contributed by atoms with Crippen molar-refractivity contribution in [1.82, 2.24) is 5.01 Å². The first-order valence-electron chi connectivity index (χ1n) is 7.36. The Morgan fingerprint density at radius 2 is 2.10 bits per heavy atom. The molecule has 0 bridgehead atoms. The van der Waals surface area contributed by atoms with Crippen LogP contribution in [0.1, 0.15) is 31.7 Å². The third-order valence-corrected chi connectivity index (χ3v) is 3.95. The van der Waals surface area contributed by atoms with Gasteiger partial charge in [-0.15, -0.1) is 6.42 Å². The molecule has 4 heteroatoms. The van der Waals surface area contributed by atoms with Crippen molar-refractivity contribution < 1.29 is 0 Å². The zero-order valence-corrected chi connectivity index (χ0v) is 13.5. The Bertz CT molecular complexity index is 554. The summed E-state index contributed by atoms with van der Waals surface area (Å²) in [6.45, 7) is 4.67. The number of hydrogen-bond donors (Lipinski definition) is 0. The van der Waals surface area contributed by atoms with Crippen LogP contribution in [0.4, 0.5) is 5.69 Å². The number of halogens is 1. The fraction of sp³-hybridized carbons (Fsp3) is 0.471. The standard InChI is InChI=1S/C17H22ClN3/c1-4-10-20(3)17-9-8-15(18)13-16(17)14(2)19-21-11-6-5-7-12-21/h1,8-9,13H,5-7,10-12H2,2-3H3/b19-14-. The summed E-state index contributed by atoms with van der Waals surface area (Å²) < 4.78 is 0. The van der Waals surface area contributed by atoms with E-state index in [-0.39, 0.29) is 0 Å². The van der Waals surface area contributed by atoms with Crippen LogP contribution < -0.4 is 4.90 Å².